The fourth-order valence-corrected chi connectivity index (χ4v) is 3.17. The summed E-state index contributed by atoms with van der Waals surface area (Å²) in [5, 5.41) is 59.6. The van der Waals surface area contributed by atoms with E-state index in [0.717, 1.165) is 18.2 Å². The Kier molecular flexibility index (Phi) is 7.33. The number of carbonyl (C=O) groups excluding carboxylic acids is 1. The number of aromatic hydroxyl groups is 3. The third-order valence-electron chi connectivity index (χ3n) is 4.89. The molecule has 12 heteroatoms. The first-order valence-electron chi connectivity index (χ1n) is 9.66. The second kappa shape index (κ2) is 10.0. The van der Waals surface area contributed by atoms with E-state index >= 15 is 0 Å². The molecule has 0 amide bonds. The van der Waals surface area contributed by atoms with Gasteiger partial charge in [-0.3, -0.25) is 0 Å². The molecule has 1 aliphatic heterocycles. The number of ether oxygens (including phenoxy) is 5. The molecule has 1 heterocycles. The maximum Gasteiger partial charge on any atom is 0.338 e. The Labute approximate surface area is 187 Å². The summed E-state index contributed by atoms with van der Waals surface area (Å²) in [6, 6.07) is 5.76. The third-order valence-corrected chi connectivity index (χ3v) is 4.89. The highest BCUT2D eigenvalue weighted by molar-refractivity contribution is 5.91. The van der Waals surface area contributed by atoms with E-state index in [1.807, 2.05) is 0 Å². The second-order valence-electron chi connectivity index (χ2n) is 7.15. The van der Waals surface area contributed by atoms with Gasteiger partial charge in [0.2, 0.25) is 12.0 Å². The molecule has 0 aliphatic carbocycles. The van der Waals surface area contributed by atoms with Crippen LogP contribution >= 0.6 is 0 Å². The predicted octanol–water partition coefficient (Wildman–Crippen LogP) is -0.136. The number of hydrogen-bond acceptors (Lipinski definition) is 12. The Morgan fingerprint density at radius 1 is 0.879 bits per heavy atom. The summed E-state index contributed by atoms with van der Waals surface area (Å²) >= 11 is 0. The van der Waals surface area contributed by atoms with Crippen LogP contribution in [0.1, 0.15) is 10.4 Å². The minimum atomic E-state index is -1.72. The third kappa shape index (κ3) is 5.31. The molecule has 3 rings (SSSR count). The molecule has 1 aliphatic rings. The molecule has 2 aromatic rings. The van der Waals surface area contributed by atoms with Crippen LogP contribution in [0.4, 0.5) is 0 Å². The predicted molar refractivity (Wildman–Crippen MR) is 109 cm³/mol. The van der Waals surface area contributed by atoms with Crippen LogP contribution in [0.25, 0.3) is 0 Å². The molecule has 0 bridgehead atoms. The summed E-state index contributed by atoms with van der Waals surface area (Å²) in [5.74, 6) is -1.97. The van der Waals surface area contributed by atoms with E-state index < -0.39 is 43.3 Å². The molecule has 0 unspecified atom stereocenters. The van der Waals surface area contributed by atoms with Crippen LogP contribution in [0.5, 0.6) is 34.5 Å². The first-order valence-corrected chi connectivity index (χ1v) is 9.66. The number of rotatable bonds is 7. The molecule has 6 N–H and O–H groups in total. The minimum Gasteiger partial charge on any atom is -0.508 e. The minimum absolute atomic E-state index is 0.0309. The summed E-state index contributed by atoms with van der Waals surface area (Å²) in [6.07, 6.45) is -7.87. The molecular formula is C21H24O12. The molecule has 2 aromatic carbocycles. The monoisotopic (exact) mass is 468 g/mol. The van der Waals surface area contributed by atoms with Crippen molar-refractivity contribution >= 4 is 5.97 Å². The number of phenolic OH excluding ortho intramolecular Hbond substituents is 3. The number of benzene rings is 2. The summed E-state index contributed by atoms with van der Waals surface area (Å²) in [7, 11) is 2.57. The van der Waals surface area contributed by atoms with Crippen molar-refractivity contribution in [2.75, 3.05) is 20.8 Å². The van der Waals surface area contributed by atoms with E-state index in [4.69, 9.17) is 23.7 Å². The smallest absolute Gasteiger partial charge is 0.338 e. The molecule has 180 valence electrons. The van der Waals surface area contributed by atoms with Gasteiger partial charge >= 0.3 is 5.97 Å². The summed E-state index contributed by atoms with van der Waals surface area (Å²) in [6.45, 7) is -0.541. The van der Waals surface area contributed by atoms with Crippen molar-refractivity contribution in [3.63, 3.8) is 0 Å². The van der Waals surface area contributed by atoms with Gasteiger partial charge in [-0.25, -0.2) is 4.79 Å². The molecule has 0 radical (unpaired) electrons. The number of aliphatic hydroxyl groups is 3. The van der Waals surface area contributed by atoms with Gasteiger partial charge in [-0.1, -0.05) is 0 Å². The van der Waals surface area contributed by atoms with Gasteiger partial charge in [0.05, 0.1) is 19.8 Å². The Morgan fingerprint density at radius 3 is 2.00 bits per heavy atom. The normalized spacial score (nSPS) is 24.7. The van der Waals surface area contributed by atoms with Crippen molar-refractivity contribution < 1.29 is 59.1 Å². The molecule has 0 saturated carbocycles. The zero-order valence-corrected chi connectivity index (χ0v) is 17.6. The first kappa shape index (κ1) is 24.2. The molecule has 33 heavy (non-hydrogen) atoms. The van der Waals surface area contributed by atoms with E-state index in [1.54, 1.807) is 0 Å². The summed E-state index contributed by atoms with van der Waals surface area (Å²) < 4.78 is 26.0. The lowest BCUT2D eigenvalue weighted by atomic mass is 9.99. The number of methoxy groups -OCH3 is 2. The summed E-state index contributed by atoms with van der Waals surface area (Å²) in [4.78, 5) is 12.5. The van der Waals surface area contributed by atoms with Gasteiger partial charge in [-0.05, 0) is 12.1 Å². The fourth-order valence-electron chi connectivity index (χ4n) is 3.17. The van der Waals surface area contributed by atoms with Crippen LogP contribution < -0.4 is 14.2 Å². The van der Waals surface area contributed by atoms with Gasteiger partial charge in [0.25, 0.3) is 0 Å². The van der Waals surface area contributed by atoms with Crippen molar-refractivity contribution in [3.8, 4) is 34.5 Å². The number of aliphatic hydroxyl groups excluding tert-OH is 3. The Hall–Kier alpha value is -3.45. The standard InChI is InChI=1S/C21H24O12/c1-29-13-3-9(4-14(30-2)16(13)24)20(28)31-8-15-17(25)18(26)19(27)21(33-15)32-12-6-10(22)5-11(23)7-12/h3-7,15,17-19,21-27H,8H2,1-2H3/t15-,17-,18+,19-,21-/m1/s1. The van der Waals surface area contributed by atoms with Crippen LogP contribution in [-0.4, -0.2) is 88.1 Å². The summed E-state index contributed by atoms with van der Waals surface area (Å²) in [5.41, 5.74) is -0.0320. The second-order valence-corrected chi connectivity index (χ2v) is 7.15. The lowest BCUT2D eigenvalue weighted by Gasteiger charge is -2.39. The molecule has 5 atom stereocenters. The highest BCUT2D eigenvalue weighted by atomic mass is 16.7. The van der Waals surface area contributed by atoms with Gasteiger partial charge in [0.1, 0.15) is 48.3 Å². The van der Waals surface area contributed by atoms with Crippen molar-refractivity contribution in [3.05, 3.63) is 35.9 Å². The number of carbonyl (C=O) groups is 1. The van der Waals surface area contributed by atoms with Crippen molar-refractivity contribution in [1.29, 1.82) is 0 Å². The highest BCUT2D eigenvalue weighted by Crippen LogP contribution is 2.37. The zero-order chi connectivity index (χ0) is 24.3. The van der Waals surface area contributed by atoms with Crippen molar-refractivity contribution in [2.24, 2.45) is 0 Å². The number of phenols is 3. The fraction of sp³-hybridized carbons (Fsp3) is 0.381. The molecule has 0 aromatic heterocycles. The number of hydrogen-bond donors (Lipinski definition) is 6. The molecule has 1 fully saturated rings. The Bertz CT molecular complexity index is 948. The van der Waals surface area contributed by atoms with Crippen molar-refractivity contribution in [2.45, 2.75) is 30.7 Å². The lowest BCUT2D eigenvalue weighted by Crippen LogP contribution is -2.60. The largest absolute Gasteiger partial charge is 0.508 e. The van der Waals surface area contributed by atoms with Gasteiger partial charge in [0, 0.05) is 18.2 Å². The molecule has 12 nitrogen and oxygen atoms in total. The topological polar surface area (TPSA) is 185 Å². The van der Waals surface area contributed by atoms with E-state index in [0.29, 0.717) is 0 Å². The molecule has 1 saturated heterocycles. The van der Waals surface area contributed by atoms with Gasteiger partial charge in [0.15, 0.2) is 11.5 Å². The number of esters is 1. The van der Waals surface area contributed by atoms with Gasteiger partial charge in [-0.15, -0.1) is 0 Å². The maximum atomic E-state index is 12.5. The van der Waals surface area contributed by atoms with E-state index in [-0.39, 0.29) is 40.1 Å². The van der Waals surface area contributed by atoms with Crippen LogP contribution in [0.2, 0.25) is 0 Å². The average molecular weight is 468 g/mol. The quantitative estimate of drug-likeness (QED) is 0.296. The Morgan fingerprint density at radius 2 is 1.45 bits per heavy atom. The van der Waals surface area contributed by atoms with E-state index in [9.17, 15) is 35.4 Å². The van der Waals surface area contributed by atoms with E-state index in [2.05, 4.69) is 0 Å². The van der Waals surface area contributed by atoms with Crippen LogP contribution in [0.3, 0.4) is 0 Å². The molecule has 0 spiro atoms. The van der Waals surface area contributed by atoms with Crippen LogP contribution in [0, 0.1) is 0 Å². The van der Waals surface area contributed by atoms with Crippen LogP contribution in [0.15, 0.2) is 30.3 Å². The van der Waals surface area contributed by atoms with Crippen molar-refractivity contribution in [1.82, 2.24) is 0 Å². The van der Waals surface area contributed by atoms with E-state index in [1.165, 1.54) is 26.4 Å². The molecular weight excluding hydrogens is 444 g/mol. The van der Waals surface area contributed by atoms with Crippen LogP contribution in [-0.2, 0) is 9.47 Å². The first-order chi connectivity index (χ1) is 15.6. The lowest BCUT2D eigenvalue weighted by molar-refractivity contribution is -0.277. The van der Waals surface area contributed by atoms with Gasteiger partial charge < -0.3 is 54.3 Å². The average Bonchev–Trinajstić information content (AvgIpc) is 2.77. The highest BCUT2D eigenvalue weighted by Gasteiger charge is 2.45. The Balaban J connectivity index is 1.71. The van der Waals surface area contributed by atoms with Gasteiger partial charge in [-0.2, -0.15) is 0 Å². The zero-order valence-electron chi connectivity index (χ0n) is 17.6. The maximum absolute atomic E-state index is 12.5. The SMILES string of the molecule is COc1cc(C(=O)OC[C@H]2O[C@@H](Oc3cc(O)cc(O)c3)[C@H](O)[C@@H](O)[C@@H]2O)cc(OC)c1O.